The molecule has 0 aromatic carbocycles. The van der Waals surface area contributed by atoms with E-state index in [1.165, 1.54) is 11.8 Å². The molecule has 0 saturated carbocycles. The van der Waals surface area contributed by atoms with Crippen LogP contribution in [0.25, 0.3) is 0 Å². The fraction of sp³-hybridized carbons (Fsp3) is 0.750. The zero-order chi connectivity index (χ0) is 25.6. The summed E-state index contributed by atoms with van der Waals surface area (Å²) in [6, 6.07) is -4.54. The predicted molar refractivity (Wildman–Crippen MR) is 124 cm³/mol. The number of carbonyl (C=O) groups excluding carboxylic acids is 3. The first-order valence-electron chi connectivity index (χ1n) is 10.7. The lowest BCUT2D eigenvalue weighted by Gasteiger charge is -2.27. The number of nitrogens with two attached hydrogens (primary N) is 2. The van der Waals surface area contributed by atoms with Crippen molar-refractivity contribution in [3.63, 3.8) is 0 Å². The Morgan fingerprint density at radius 3 is 1.97 bits per heavy atom. The minimum absolute atomic E-state index is 0.176. The molecule has 0 fully saturated rings. The van der Waals surface area contributed by atoms with E-state index >= 15 is 0 Å². The molecular formula is C20H37N5O7S. The summed E-state index contributed by atoms with van der Waals surface area (Å²) in [5, 5.41) is 25.3. The Morgan fingerprint density at radius 1 is 0.879 bits per heavy atom. The number of carboxylic acids is 2. The van der Waals surface area contributed by atoms with Gasteiger partial charge in [0.05, 0.1) is 12.5 Å². The second-order valence-electron chi connectivity index (χ2n) is 7.96. The molecule has 0 heterocycles. The van der Waals surface area contributed by atoms with Crippen LogP contribution in [0.1, 0.15) is 46.0 Å². The highest BCUT2D eigenvalue weighted by Crippen LogP contribution is 2.08. The second kappa shape index (κ2) is 16.3. The van der Waals surface area contributed by atoms with Gasteiger partial charge in [-0.25, -0.2) is 4.79 Å². The van der Waals surface area contributed by atoms with Gasteiger partial charge in [-0.15, -0.1) is 0 Å². The summed E-state index contributed by atoms with van der Waals surface area (Å²) in [5.41, 5.74) is 11.3. The van der Waals surface area contributed by atoms with E-state index in [0.29, 0.717) is 25.1 Å². The van der Waals surface area contributed by atoms with Gasteiger partial charge in [0.1, 0.15) is 18.1 Å². The van der Waals surface area contributed by atoms with Crippen LogP contribution >= 0.6 is 11.8 Å². The normalized spacial score (nSPS) is 14.6. The molecule has 0 aliphatic carbocycles. The maximum atomic E-state index is 12.9. The first-order valence-corrected chi connectivity index (χ1v) is 12.1. The van der Waals surface area contributed by atoms with Crippen molar-refractivity contribution < 1.29 is 34.2 Å². The molecule has 13 heteroatoms. The maximum Gasteiger partial charge on any atom is 0.326 e. The van der Waals surface area contributed by atoms with E-state index in [1.807, 2.05) is 0 Å². The number of amides is 3. The van der Waals surface area contributed by atoms with Gasteiger partial charge in [-0.1, -0.05) is 20.3 Å². The van der Waals surface area contributed by atoms with E-state index in [-0.39, 0.29) is 12.3 Å². The molecule has 0 spiro atoms. The molecule has 0 aliphatic heterocycles. The summed E-state index contributed by atoms with van der Waals surface area (Å²) >= 11 is 1.41. The van der Waals surface area contributed by atoms with E-state index in [0.717, 1.165) is 6.42 Å². The number of nitrogens with one attached hydrogen (secondary N) is 3. The molecule has 33 heavy (non-hydrogen) atoms. The zero-order valence-corrected chi connectivity index (χ0v) is 20.2. The van der Waals surface area contributed by atoms with Crippen molar-refractivity contribution in [2.45, 2.75) is 70.1 Å². The third-order valence-electron chi connectivity index (χ3n) is 4.79. The van der Waals surface area contributed by atoms with Crippen LogP contribution in [-0.2, 0) is 24.0 Å². The Balaban J connectivity index is 5.32. The lowest BCUT2D eigenvalue weighted by Crippen LogP contribution is -2.58. The van der Waals surface area contributed by atoms with Gasteiger partial charge in [-0.2, -0.15) is 11.8 Å². The molecular weight excluding hydrogens is 454 g/mol. The standard InChI is InChI=1S/C20H37N5O7S/c1-11(2)16(25-17(28)12(22)6-4-5-8-21)19(30)23-13(7-9-33-3)18(29)24-14(20(31)32)10-15(26)27/h11-14,16H,4-10,21-22H2,1-3H3,(H,23,30)(H,24,29)(H,25,28)(H,26,27)(H,31,32). The van der Waals surface area contributed by atoms with Crippen molar-refractivity contribution in [3.8, 4) is 0 Å². The summed E-state index contributed by atoms with van der Waals surface area (Å²) in [6.45, 7) is 3.92. The topological polar surface area (TPSA) is 214 Å². The van der Waals surface area contributed by atoms with Gasteiger partial charge in [0, 0.05) is 0 Å². The fourth-order valence-corrected chi connectivity index (χ4v) is 3.32. The molecule has 0 bridgehead atoms. The summed E-state index contributed by atoms with van der Waals surface area (Å²) in [6.07, 6.45) is 2.97. The molecule has 0 aromatic heterocycles. The first kappa shape index (κ1) is 30.6. The van der Waals surface area contributed by atoms with Crippen LogP contribution < -0.4 is 27.4 Å². The molecule has 3 amide bonds. The smallest absolute Gasteiger partial charge is 0.326 e. The Labute approximate surface area is 198 Å². The summed E-state index contributed by atoms with van der Waals surface area (Å²) in [7, 11) is 0. The van der Waals surface area contributed by atoms with Crippen molar-refractivity contribution in [2.24, 2.45) is 17.4 Å². The summed E-state index contributed by atoms with van der Waals surface area (Å²) in [4.78, 5) is 60.1. The van der Waals surface area contributed by atoms with E-state index in [9.17, 15) is 24.0 Å². The van der Waals surface area contributed by atoms with Crippen LogP contribution in [0.3, 0.4) is 0 Å². The summed E-state index contributed by atoms with van der Waals surface area (Å²) in [5.74, 6) is -4.70. The highest BCUT2D eigenvalue weighted by atomic mass is 32.2. The molecule has 4 unspecified atom stereocenters. The molecule has 0 saturated heterocycles. The lowest BCUT2D eigenvalue weighted by atomic mass is 10.0. The Kier molecular flexibility index (Phi) is 15.1. The number of unbranched alkanes of at least 4 members (excludes halogenated alkanes) is 1. The lowest BCUT2D eigenvalue weighted by molar-refractivity contribution is -0.147. The van der Waals surface area contributed by atoms with Crippen molar-refractivity contribution in [3.05, 3.63) is 0 Å². The minimum Gasteiger partial charge on any atom is -0.481 e. The average Bonchev–Trinajstić information content (AvgIpc) is 2.73. The van der Waals surface area contributed by atoms with Crippen LogP contribution in [0.2, 0.25) is 0 Å². The first-order chi connectivity index (χ1) is 15.4. The van der Waals surface area contributed by atoms with Crippen LogP contribution in [0, 0.1) is 5.92 Å². The molecule has 9 N–H and O–H groups in total. The van der Waals surface area contributed by atoms with E-state index in [4.69, 9.17) is 21.7 Å². The molecule has 0 aliphatic rings. The largest absolute Gasteiger partial charge is 0.481 e. The number of thioether (sulfide) groups is 1. The molecule has 190 valence electrons. The van der Waals surface area contributed by atoms with Gasteiger partial charge < -0.3 is 37.6 Å². The third kappa shape index (κ3) is 12.4. The van der Waals surface area contributed by atoms with Crippen molar-refractivity contribution in [2.75, 3.05) is 18.6 Å². The average molecular weight is 492 g/mol. The maximum absolute atomic E-state index is 12.9. The van der Waals surface area contributed by atoms with E-state index < -0.39 is 60.2 Å². The van der Waals surface area contributed by atoms with Gasteiger partial charge in [0.15, 0.2) is 0 Å². The second-order valence-corrected chi connectivity index (χ2v) is 8.95. The van der Waals surface area contributed by atoms with Gasteiger partial charge in [0.2, 0.25) is 17.7 Å². The third-order valence-corrected chi connectivity index (χ3v) is 5.43. The number of aliphatic carboxylic acids is 2. The Morgan fingerprint density at radius 2 is 1.48 bits per heavy atom. The van der Waals surface area contributed by atoms with E-state index in [2.05, 4.69) is 16.0 Å². The van der Waals surface area contributed by atoms with Crippen LogP contribution in [0.5, 0.6) is 0 Å². The minimum atomic E-state index is -1.64. The van der Waals surface area contributed by atoms with Crippen LogP contribution in [-0.4, -0.2) is 82.6 Å². The Bertz CT molecular complexity index is 677. The monoisotopic (exact) mass is 491 g/mol. The van der Waals surface area contributed by atoms with Gasteiger partial charge >= 0.3 is 11.9 Å². The van der Waals surface area contributed by atoms with Crippen LogP contribution in [0.15, 0.2) is 0 Å². The van der Waals surface area contributed by atoms with Crippen molar-refractivity contribution in [1.82, 2.24) is 16.0 Å². The SMILES string of the molecule is CSCCC(NC(=O)C(NC(=O)C(N)CCCCN)C(C)C)C(=O)NC(CC(=O)O)C(=O)O. The predicted octanol–water partition coefficient (Wildman–Crippen LogP) is -1.13. The molecule has 0 rings (SSSR count). The van der Waals surface area contributed by atoms with Crippen molar-refractivity contribution >= 4 is 41.4 Å². The van der Waals surface area contributed by atoms with Crippen molar-refractivity contribution in [1.29, 1.82) is 0 Å². The zero-order valence-electron chi connectivity index (χ0n) is 19.3. The molecule has 0 radical (unpaired) electrons. The van der Waals surface area contributed by atoms with Gasteiger partial charge in [-0.3, -0.25) is 19.2 Å². The molecule has 12 nitrogen and oxygen atoms in total. The molecule has 0 aromatic rings. The number of carbonyl (C=O) groups is 5. The number of hydrogen-bond acceptors (Lipinski definition) is 8. The highest BCUT2D eigenvalue weighted by molar-refractivity contribution is 7.98. The number of rotatable bonds is 17. The number of carboxylic acid groups (broad SMARTS) is 2. The number of hydrogen-bond donors (Lipinski definition) is 7. The Hall–Kier alpha value is -2.38. The van der Waals surface area contributed by atoms with Gasteiger partial charge in [-0.05, 0) is 43.7 Å². The fourth-order valence-electron chi connectivity index (χ4n) is 2.85. The van der Waals surface area contributed by atoms with E-state index in [1.54, 1.807) is 20.1 Å². The van der Waals surface area contributed by atoms with Crippen LogP contribution in [0.4, 0.5) is 0 Å². The highest BCUT2D eigenvalue weighted by Gasteiger charge is 2.32. The summed E-state index contributed by atoms with van der Waals surface area (Å²) < 4.78 is 0. The van der Waals surface area contributed by atoms with Gasteiger partial charge in [0.25, 0.3) is 0 Å². The quantitative estimate of drug-likeness (QED) is 0.121. The molecule has 4 atom stereocenters.